The molecule has 3 atom stereocenters. The first-order valence-corrected chi connectivity index (χ1v) is 4.77. The molecular formula is C11H16O2. The van der Waals surface area contributed by atoms with Crippen LogP contribution in [0.2, 0.25) is 0 Å². The third-order valence-electron chi connectivity index (χ3n) is 2.58. The summed E-state index contributed by atoms with van der Waals surface area (Å²) in [5.74, 6) is 0.0224. The Labute approximate surface area is 79.2 Å². The molecule has 0 spiro atoms. The van der Waals surface area contributed by atoms with Crippen LogP contribution in [0, 0.1) is 5.92 Å². The molecule has 0 aromatic carbocycles. The van der Waals surface area contributed by atoms with Crippen LogP contribution in [0.3, 0.4) is 0 Å². The van der Waals surface area contributed by atoms with Crippen molar-refractivity contribution in [2.24, 2.45) is 5.92 Å². The molecule has 2 nitrogen and oxygen atoms in total. The smallest absolute Gasteiger partial charge is 0.164 e. The highest BCUT2D eigenvalue weighted by molar-refractivity contribution is 5.10. The minimum absolute atomic E-state index is 0.145. The Balaban J connectivity index is 2.11. The van der Waals surface area contributed by atoms with Crippen molar-refractivity contribution in [3.8, 4) is 0 Å². The molecule has 0 radical (unpaired) electrons. The van der Waals surface area contributed by atoms with E-state index in [4.69, 9.17) is 9.47 Å². The highest BCUT2D eigenvalue weighted by Crippen LogP contribution is 2.35. The lowest BCUT2D eigenvalue weighted by molar-refractivity contribution is -0.143. The highest BCUT2D eigenvalue weighted by atomic mass is 16.7. The summed E-state index contributed by atoms with van der Waals surface area (Å²) in [4.78, 5) is 0. The van der Waals surface area contributed by atoms with Gasteiger partial charge in [0.05, 0.1) is 6.10 Å². The van der Waals surface area contributed by atoms with Crippen LogP contribution in [0.15, 0.2) is 24.8 Å². The van der Waals surface area contributed by atoms with Gasteiger partial charge in [-0.15, -0.1) is 6.58 Å². The van der Waals surface area contributed by atoms with Gasteiger partial charge in [0.1, 0.15) is 6.10 Å². The van der Waals surface area contributed by atoms with Crippen LogP contribution in [0.5, 0.6) is 0 Å². The van der Waals surface area contributed by atoms with E-state index in [0.717, 1.165) is 6.42 Å². The largest absolute Gasteiger partial charge is 0.344 e. The molecule has 0 aromatic rings. The summed E-state index contributed by atoms with van der Waals surface area (Å²) >= 11 is 0. The topological polar surface area (TPSA) is 18.5 Å². The van der Waals surface area contributed by atoms with Crippen molar-refractivity contribution in [1.82, 2.24) is 0 Å². The molecule has 1 aliphatic carbocycles. The monoisotopic (exact) mass is 180 g/mol. The minimum atomic E-state index is -0.421. The first-order chi connectivity index (χ1) is 6.11. The van der Waals surface area contributed by atoms with Crippen molar-refractivity contribution in [3.63, 3.8) is 0 Å². The normalized spacial score (nSPS) is 41.5. The molecule has 1 fully saturated rings. The lowest BCUT2D eigenvalue weighted by Gasteiger charge is -2.21. The maximum absolute atomic E-state index is 5.76. The van der Waals surface area contributed by atoms with E-state index in [0.29, 0.717) is 5.92 Å². The van der Waals surface area contributed by atoms with Gasteiger partial charge in [-0.1, -0.05) is 18.2 Å². The van der Waals surface area contributed by atoms with Crippen molar-refractivity contribution in [3.05, 3.63) is 24.8 Å². The Bertz CT molecular complexity index is 242. The lowest BCUT2D eigenvalue weighted by Crippen LogP contribution is -2.26. The Morgan fingerprint density at radius 1 is 1.38 bits per heavy atom. The molecular weight excluding hydrogens is 164 g/mol. The molecule has 72 valence electrons. The van der Waals surface area contributed by atoms with E-state index < -0.39 is 5.79 Å². The van der Waals surface area contributed by atoms with Gasteiger partial charge in [-0.2, -0.15) is 0 Å². The Kier molecular flexibility index (Phi) is 2.05. The van der Waals surface area contributed by atoms with Gasteiger partial charge in [0.2, 0.25) is 0 Å². The molecule has 0 aromatic heterocycles. The molecule has 1 heterocycles. The zero-order valence-corrected chi connectivity index (χ0v) is 8.19. The minimum Gasteiger partial charge on any atom is -0.344 e. The van der Waals surface area contributed by atoms with Gasteiger partial charge in [-0.3, -0.25) is 0 Å². The Morgan fingerprint density at radius 2 is 2.15 bits per heavy atom. The van der Waals surface area contributed by atoms with Crippen LogP contribution < -0.4 is 0 Å². The van der Waals surface area contributed by atoms with Crippen LogP contribution in [0.1, 0.15) is 20.3 Å². The summed E-state index contributed by atoms with van der Waals surface area (Å²) in [6.45, 7) is 7.71. The second-order valence-electron chi connectivity index (χ2n) is 4.16. The molecule has 0 bridgehead atoms. The number of rotatable bonds is 1. The molecule has 1 aliphatic heterocycles. The predicted molar refractivity (Wildman–Crippen MR) is 51.3 cm³/mol. The number of ether oxygens (including phenoxy) is 2. The maximum Gasteiger partial charge on any atom is 0.164 e. The first kappa shape index (κ1) is 8.97. The first-order valence-electron chi connectivity index (χ1n) is 4.77. The van der Waals surface area contributed by atoms with Gasteiger partial charge < -0.3 is 9.47 Å². The average molecular weight is 180 g/mol. The van der Waals surface area contributed by atoms with E-state index in [2.05, 4.69) is 18.7 Å². The number of hydrogen-bond acceptors (Lipinski definition) is 2. The van der Waals surface area contributed by atoms with E-state index >= 15 is 0 Å². The number of allylic oxidation sites excluding steroid dienone is 2. The molecule has 13 heavy (non-hydrogen) atoms. The summed E-state index contributed by atoms with van der Waals surface area (Å²) in [5, 5.41) is 0. The van der Waals surface area contributed by atoms with Gasteiger partial charge in [-0.25, -0.2) is 0 Å². The molecule has 1 saturated heterocycles. The maximum atomic E-state index is 5.76. The van der Waals surface area contributed by atoms with Gasteiger partial charge >= 0.3 is 0 Å². The van der Waals surface area contributed by atoms with Crippen molar-refractivity contribution in [2.75, 3.05) is 0 Å². The fourth-order valence-corrected chi connectivity index (χ4v) is 1.98. The van der Waals surface area contributed by atoms with Crippen LogP contribution in [0.4, 0.5) is 0 Å². The van der Waals surface area contributed by atoms with E-state index in [1.54, 1.807) is 0 Å². The lowest BCUT2D eigenvalue weighted by atomic mass is 9.92. The fourth-order valence-electron chi connectivity index (χ4n) is 1.98. The van der Waals surface area contributed by atoms with Crippen molar-refractivity contribution in [2.45, 2.75) is 38.3 Å². The van der Waals surface area contributed by atoms with Gasteiger partial charge in [0.25, 0.3) is 0 Å². The molecule has 2 heteroatoms. The zero-order chi connectivity index (χ0) is 9.47. The van der Waals surface area contributed by atoms with E-state index in [1.165, 1.54) is 0 Å². The Morgan fingerprint density at radius 3 is 2.85 bits per heavy atom. The summed E-state index contributed by atoms with van der Waals surface area (Å²) in [7, 11) is 0. The van der Waals surface area contributed by atoms with Crippen LogP contribution >= 0.6 is 0 Å². The standard InChI is InChI=1S/C11H16O2/c1-4-8-5-6-9-10(7-8)13-11(2,3)12-9/h4-6,8-10H,1,7H2,2-3H3. The SMILES string of the molecule is C=CC1C=CC2OC(C)(C)OC2C1. The van der Waals surface area contributed by atoms with Crippen LogP contribution in [-0.4, -0.2) is 18.0 Å². The number of hydrogen-bond donors (Lipinski definition) is 0. The van der Waals surface area contributed by atoms with Gasteiger partial charge in [0, 0.05) is 0 Å². The summed E-state index contributed by atoms with van der Waals surface area (Å²) in [5.41, 5.74) is 0. The van der Waals surface area contributed by atoms with Crippen LogP contribution in [-0.2, 0) is 9.47 Å². The second-order valence-corrected chi connectivity index (χ2v) is 4.16. The molecule has 0 saturated carbocycles. The molecule has 3 unspecified atom stereocenters. The highest BCUT2D eigenvalue weighted by Gasteiger charge is 2.41. The molecule has 0 N–H and O–H groups in total. The van der Waals surface area contributed by atoms with Gasteiger partial charge in [0.15, 0.2) is 5.79 Å². The van der Waals surface area contributed by atoms with E-state index in [-0.39, 0.29) is 12.2 Å². The molecule has 0 amide bonds. The van der Waals surface area contributed by atoms with Crippen LogP contribution in [0.25, 0.3) is 0 Å². The van der Waals surface area contributed by atoms with Crippen molar-refractivity contribution < 1.29 is 9.47 Å². The third kappa shape index (κ3) is 1.69. The molecule has 2 aliphatic rings. The fraction of sp³-hybridized carbons (Fsp3) is 0.636. The number of fused-ring (bicyclic) bond motifs is 1. The second kappa shape index (κ2) is 2.96. The van der Waals surface area contributed by atoms with E-state index in [1.807, 2.05) is 19.9 Å². The summed E-state index contributed by atoms with van der Waals surface area (Å²) < 4.78 is 11.5. The van der Waals surface area contributed by atoms with Crippen molar-refractivity contribution >= 4 is 0 Å². The Hall–Kier alpha value is -0.600. The van der Waals surface area contributed by atoms with Gasteiger partial charge in [-0.05, 0) is 26.2 Å². The van der Waals surface area contributed by atoms with E-state index in [9.17, 15) is 0 Å². The summed E-state index contributed by atoms with van der Waals surface area (Å²) in [6.07, 6.45) is 7.55. The van der Waals surface area contributed by atoms with Crippen molar-refractivity contribution in [1.29, 1.82) is 0 Å². The third-order valence-corrected chi connectivity index (χ3v) is 2.58. The predicted octanol–water partition coefficient (Wildman–Crippen LogP) is 2.27. The quantitative estimate of drug-likeness (QED) is 0.576. The molecule has 2 rings (SSSR count). The summed E-state index contributed by atoms with van der Waals surface area (Å²) in [6, 6.07) is 0. The average Bonchev–Trinajstić information content (AvgIpc) is 2.36. The zero-order valence-electron chi connectivity index (χ0n) is 8.19.